The highest BCUT2D eigenvalue weighted by atomic mass is 32.2. The number of rotatable bonds is 7. The van der Waals surface area contributed by atoms with E-state index < -0.39 is 24.4 Å². The van der Waals surface area contributed by atoms with E-state index in [1.807, 2.05) is 0 Å². The maximum atomic E-state index is 13.0. The molecule has 0 spiro atoms. The molecule has 3 rings (SSSR count). The van der Waals surface area contributed by atoms with Crippen LogP contribution in [0.1, 0.15) is 5.76 Å². The zero-order valence-corrected chi connectivity index (χ0v) is 15.1. The lowest BCUT2D eigenvalue weighted by atomic mass is 10.2. The number of amides is 1. The van der Waals surface area contributed by atoms with E-state index in [2.05, 4.69) is 4.98 Å². The first-order valence-corrected chi connectivity index (χ1v) is 9.00. The summed E-state index contributed by atoms with van der Waals surface area (Å²) < 4.78 is 61.8. The number of furan rings is 1. The van der Waals surface area contributed by atoms with E-state index in [1.54, 1.807) is 0 Å². The summed E-state index contributed by atoms with van der Waals surface area (Å²) in [6.07, 6.45) is -1.81. The molecule has 0 unspecified atom stereocenters. The lowest BCUT2D eigenvalue weighted by molar-refractivity contribution is -0.161. The highest BCUT2D eigenvalue weighted by molar-refractivity contribution is 7.99. The van der Waals surface area contributed by atoms with Gasteiger partial charge in [-0.25, -0.2) is 9.37 Å². The predicted octanol–water partition coefficient (Wildman–Crippen LogP) is 4.76. The topological polar surface area (TPSA) is 59.5 Å². The number of hydrogen-bond donors (Lipinski definition) is 0. The second kappa shape index (κ2) is 8.51. The number of nitrogens with zero attached hydrogens (tertiary/aromatic N) is 2. The summed E-state index contributed by atoms with van der Waals surface area (Å²) in [7, 11) is 0. The molecule has 0 bridgehead atoms. The van der Waals surface area contributed by atoms with Crippen molar-refractivity contribution in [2.75, 3.05) is 12.3 Å². The third-order valence-corrected chi connectivity index (χ3v) is 4.41. The summed E-state index contributed by atoms with van der Waals surface area (Å²) in [5, 5.41) is 0.123. The van der Waals surface area contributed by atoms with Crippen molar-refractivity contribution in [2.45, 2.75) is 17.9 Å². The number of carbonyl (C=O) groups is 1. The van der Waals surface area contributed by atoms with Crippen LogP contribution in [0.25, 0.3) is 11.3 Å². The second-order valence-corrected chi connectivity index (χ2v) is 6.66. The molecular weight excluding hydrogens is 400 g/mol. The lowest BCUT2D eigenvalue weighted by Crippen LogP contribution is -2.39. The van der Waals surface area contributed by atoms with Gasteiger partial charge in [-0.05, 0) is 36.4 Å². The average molecular weight is 414 g/mol. The molecule has 2 aromatic heterocycles. The average Bonchev–Trinajstić information content (AvgIpc) is 3.30. The van der Waals surface area contributed by atoms with Crippen molar-refractivity contribution in [3.63, 3.8) is 0 Å². The number of halogens is 4. The zero-order chi connectivity index (χ0) is 20.1. The van der Waals surface area contributed by atoms with E-state index in [9.17, 15) is 22.4 Å². The first-order chi connectivity index (χ1) is 13.3. The molecule has 0 saturated heterocycles. The van der Waals surface area contributed by atoms with E-state index in [4.69, 9.17) is 8.83 Å². The van der Waals surface area contributed by atoms with Crippen LogP contribution in [-0.4, -0.2) is 34.3 Å². The summed E-state index contributed by atoms with van der Waals surface area (Å²) in [4.78, 5) is 16.9. The molecule has 0 fully saturated rings. The van der Waals surface area contributed by atoms with Crippen LogP contribution < -0.4 is 0 Å². The molecule has 1 amide bonds. The molecule has 0 aliphatic carbocycles. The van der Waals surface area contributed by atoms with Gasteiger partial charge in [0.25, 0.3) is 5.22 Å². The normalized spacial score (nSPS) is 11.6. The van der Waals surface area contributed by atoms with Crippen LogP contribution >= 0.6 is 11.8 Å². The summed E-state index contributed by atoms with van der Waals surface area (Å²) in [6, 6.07) is 8.56. The monoisotopic (exact) mass is 414 g/mol. The van der Waals surface area contributed by atoms with Gasteiger partial charge >= 0.3 is 6.18 Å². The predicted molar refractivity (Wildman–Crippen MR) is 92.8 cm³/mol. The molecule has 0 aliphatic heterocycles. The Morgan fingerprint density at radius 1 is 1.18 bits per heavy atom. The minimum atomic E-state index is -4.54. The van der Waals surface area contributed by atoms with E-state index in [0.717, 1.165) is 11.8 Å². The molecule has 0 aliphatic rings. The van der Waals surface area contributed by atoms with Gasteiger partial charge in [0, 0.05) is 5.56 Å². The van der Waals surface area contributed by atoms with Gasteiger partial charge in [0.1, 0.15) is 18.1 Å². The summed E-state index contributed by atoms with van der Waals surface area (Å²) >= 11 is 0.873. The summed E-state index contributed by atoms with van der Waals surface area (Å²) in [6.45, 7) is -1.68. The number of benzene rings is 1. The van der Waals surface area contributed by atoms with Gasteiger partial charge < -0.3 is 13.7 Å². The number of hydrogen-bond acceptors (Lipinski definition) is 5. The number of carbonyl (C=O) groups excluding carboxylic acids is 1. The van der Waals surface area contributed by atoms with Crippen molar-refractivity contribution in [3.8, 4) is 11.3 Å². The Kier molecular flexibility index (Phi) is 6.08. The minimum absolute atomic E-state index is 0.123. The standard InChI is InChI=1S/C18H14F4N2O3S/c19-13-5-3-12(4-6-13)15-8-23-17(27-15)28-10-16(25)24(11-18(20,21)22)9-14-2-1-7-26-14/h1-8H,9-11H2. The van der Waals surface area contributed by atoms with Gasteiger partial charge in [-0.15, -0.1) is 0 Å². The molecule has 5 nitrogen and oxygen atoms in total. The lowest BCUT2D eigenvalue weighted by Gasteiger charge is -2.22. The minimum Gasteiger partial charge on any atom is -0.467 e. The van der Waals surface area contributed by atoms with Crippen molar-refractivity contribution in [1.82, 2.24) is 9.88 Å². The fraction of sp³-hybridized carbons (Fsp3) is 0.222. The molecule has 3 aromatic rings. The van der Waals surface area contributed by atoms with Crippen LogP contribution in [0, 0.1) is 5.82 Å². The van der Waals surface area contributed by atoms with Crippen molar-refractivity contribution in [1.29, 1.82) is 0 Å². The second-order valence-electron chi connectivity index (χ2n) is 5.73. The summed E-state index contributed by atoms with van der Waals surface area (Å²) in [5.74, 6) is -0.819. The molecule has 0 radical (unpaired) electrons. The molecular formula is C18H14F4N2O3S. The van der Waals surface area contributed by atoms with Crippen LogP contribution in [0.2, 0.25) is 0 Å². The fourth-order valence-electron chi connectivity index (χ4n) is 2.33. The van der Waals surface area contributed by atoms with Crippen molar-refractivity contribution < 1.29 is 31.2 Å². The van der Waals surface area contributed by atoms with Crippen molar-refractivity contribution in [3.05, 3.63) is 60.4 Å². The highest BCUT2D eigenvalue weighted by Crippen LogP contribution is 2.26. The van der Waals surface area contributed by atoms with E-state index in [1.165, 1.54) is 48.9 Å². The fourth-order valence-corrected chi connectivity index (χ4v) is 3.03. The Bertz CT molecular complexity index is 908. The van der Waals surface area contributed by atoms with E-state index in [-0.39, 0.29) is 23.3 Å². The van der Waals surface area contributed by atoms with Crippen LogP contribution in [0.5, 0.6) is 0 Å². The Labute approximate surface area is 161 Å². The van der Waals surface area contributed by atoms with Gasteiger partial charge in [0.15, 0.2) is 5.76 Å². The maximum absolute atomic E-state index is 13.0. The third-order valence-electron chi connectivity index (χ3n) is 3.58. The molecule has 2 heterocycles. The molecule has 10 heteroatoms. The van der Waals surface area contributed by atoms with Crippen LogP contribution in [0.3, 0.4) is 0 Å². The highest BCUT2D eigenvalue weighted by Gasteiger charge is 2.33. The number of aromatic nitrogens is 1. The Balaban J connectivity index is 1.63. The first-order valence-electron chi connectivity index (χ1n) is 8.01. The Morgan fingerprint density at radius 2 is 1.93 bits per heavy atom. The van der Waals surface area contributed by atoms with Crippen molar-refractivity contribution >= 4 is 17.7 Å². The van der Waals surface area contributed by atoms with E-state index in [0.29, 0.717) is 16.2 Å². The maximum Gasteiger partial charge on any atom is 0.406 e. The van der Waals surface area contributed by atoms with Crippen LogP contribution in [0.15, 0.2) is 62.9 Å². The molecule has 0 saturated carbocycles. The number of oxazole rings is 1. The number of thioether (sulfide) groups is 1. The smallest absolute Gasteiger partial charge is 0.406 e. The number of alkyl halides is 3. The SMILES string of the molecule is O=C(CSc1ncc(-c2ccc(F)cc2)o1)N(Cc1ccco1)CC(F)(F)F. The molecule has 0 atom stereocenters. The van der Waals surface area contributed by atoms with Gasteiger partial charge in [0.2, 0.25) is 5.91 Å². The molecule has 1 aromatic carbocycles. The summed E-state index contributed by atoms with van der Waals surface area (Å²) in [5.41, 5.74) is 0.587. The first kappa shape index (κ1) is 20.0. The quantitative estimate of drug-likeness (QED) is 0.412. The Hall–Kier alpha value is -2.75. The van der Waals surface area contributed by atoms with Crippen LogP contribution in [-0.2, 0) is 11.3 Å². The molecule has 148 valence electrons. The van der Waals surface area contributed by atoms with Gasteiger partial charge in [-0.2, -0.15) is 13.2 Å². The Morgan fingerprint density at radius 3 is 2.57 bits per heavy atom. The zero-order valence-electron chi connectivity index (χ0n) is 14.3. The molecule has 0 N–H and O–H groups in total. The largest absolute Gasteiger partial charge is 0.467 e. The molecule has 28 heavy (non-hydrogen) atoms. The van der Waals surface area contributed by atoms with Gasteiger partial charge in [0.05, 0.1) is 24.8 Å². The van der Waals surface area contributed by atoms with E-state index >= 15 is 0 Å². The van der Waals surface area contributed by atoms with Gasteiger partial charge in [-0.1, -0.05) is 11.8 Å². The van der Waals surface area contributed by atoms with Gasteiger partial charge in [-0.3, -0.25) is 4.79 Å². The van der Waals surface area contributed by atoms with Crippen LogP contribution in [0.4, 0.5) is 17.6 Å². The van der Waals surface area contributed by atoms with Crippen molar-refractivity contribution in [2.24, 2.45) is 0 Å². The third kappa shape index (κ3) is 5.62.